The van der Waals surface area contributed by atoms with Crippen LogP contribution in [0.3, 0.4) is 0 Å². The van der Waals surface area contributed by atoms with E-state index >= 15 is 0 Å². The monoisotopic (exact) mass is 290 g/mol. The van der Waals surface area contributed by atoms with Crippen LogP contribution in [0.5, 0.6) is 0 Å². The molecule has 7 heteroatoms. The molecule has 1 amide bonds. The van der Waals surface area contributed by atoms with Gasteiger partial charge in [0.1, 0.15) is 5.84 Å². The molecule has 112 valence electrons. The van der Waals surface area contributed by atoms with Crippen LogP contribution < -0.4 is 10.8 Å². The first-order chi connectivity index (χ1) is 9.62. The van der Waals surface area contributed by atoms with E-state index in [1.807, 2.05) is 39.1 Å². The lowest BCUT2D eigenvalue weighted by Crippen LogP contribution is -2.41. The van der Waals surface area contributed by atoms with Gasteiger partial charge in [0.25, 0.3) is 0 Å². The highest BCUT2D eigenvalue weighted by Gasteiger charge is 2.51. The third kappa shape index (κ3) is 3.09. The van der Waals surface area contributed by atoms with E-state index in [4.69, 9.17) is 19.8 Å². The maximum absolute atomic E-state index is 10.6. The van der Waals surface area contributed by atoms with Crippen molar-refractivity contribution in [3.8, 4) is 0 Å². The van der Waals surface area contributed by atoms with Crippen molar-refractivity contribution in [3.63, 3.8) is 0 Å². The van der Waals surface area contributed by atoms with Gasteiger partial charge in [-0.15, -0.1) is 0 Å². The molecule has 0 unspecified atom stereocenters. The second-order valence-corrected chi connectivity index (χ2v) is 6.02. The Labute approximate surface area is 124 Å². The summed E-state index contributed by atoms with van der Waals surface area (Å²) in [4.78, 5) is 10.6. The second kappa shape index (κ2) is 5.16. The van der Waals surface area contributed by atoms with Crippen LogP contribution in [0.15, 0.2) is 24.3 Å². The van der Waals surface area contributed by atoms with Crippen molar-refractivity contribution in [3.05, 3.63) is 29.8 Å². The Hall–Kier alpha value is -1.86. The molecule has 0 spiro atoms. The van der Waals surface area contributed by atoms with Crippen LogP contribution in [-0.4, -0.2) is 35.4 Å². The van der Waals surface area contributed by atoms with Crippen LogP contribution in [0.4, 0.5) is 4.79 Å². The van der Waals surface area contributed by atoms with Crippen molar-refractivity contribution < 1.29 is 19.2 Å². The van der Waals surface area contributed by atoms with Crippen LogP contribution >= 0.6 is 0 Å². The van der Waals surface area contributed by atoms with Crippen molar-refractivity contribution in [2.24, 2.45) is 0 Å². The fraction of sp³-hybridized carbons (Fsp3) is 0.429. The van der Waals surface area contributed by atoms with Crippen LogP contribution in [0.2, 0.25) is 0 Å². The lowest BCUT2D eigenvalue weighted by molar-refractivity contribution is 0.00578. The van der Waals surface area contributed by atoms with Crippen molar-refractivity contribution in [1.82, 2.24) is 5.32 Å². The number of hydrogen-bond donors (Lipinski definition) is 3. The van der Waals surface area contributed by atoms with Crippen LogP contribution in [0.1, 0.15) is 33.3 Å². The highest BCUT2D eigenvalue weighted by atomic mass is 16.7. The summed E-state index contributed by atoms with van der Waals surface area (Å²) < 4.78 is 11.9. The Morgan fingerprint density at radius 3 is 2.33 bits per heavy atom. The SMILES string of the molecule is CC1(C)OB(c2cccc(C(=N)NC(=O)O)c2)OC1(C)C. The predicted octanol–water partition coefficient (Wildman–Crippen LogP) is 1.58. The van der Waals surface area contributed by atoms with E-state index in [0.29, 0.717) is 5.56 Å². The Morgan fingerprint density at radius 2 is 1.81 bits per heavy atom. The maximum Gasteiger partial charge on any atom is 0.494 e. The van der Waals surface area contributed by atoms with E-state index in [9.17, 15) is 4.79 Å². The molecule has 0 atom stereocenters. The maximum atomic E-state index is 10.6. The van der Waals surface area contributed by atoms with Crippen molar-refractivity contribution in [2.45, 2.75) is 38.9 Å². The van der Waals surface area contributed by atoms with Crippen molar-refractivity contribution >= 4 is 24.5 Å². The van der Waals surface area contributed by atoms with Crippen molar-refractivity contribution in [1.29, 1.82) is 5.41 Å². The molecule has 1 aliphatic rings. The van der Waals surface area contributed by atoms with Gasteiger partial charge in [0.15, 0.2) is 0 Å². The fourth-order valence-electron chi connectivity index (χ4n) is 2.00. The number of nitrogens with one attached hydrogen (secondary N) is 2. The molecule has 0 aromatic heterocycles. The summed E-state index contributed by atoms with van der Waals surface area (Å²) >= 11 is 0. The number of amides is 1. The molecule has 6 nitrogen and oxygen atoms in total. The average Bonchev–Trinajstić information content (AvgIpc) is 2.58. The number of amidine groups is 1. The molecule has 1 saturated heterocycles. The molecule has 1 heterocycles. The van der Waals surface area contributed by atoms with Gasteiger partial charge in [-0.05, 0) is 33.2 Å². The van der Waals surface area contributed by atoms with Crippen LogP contribution in [0.25, 0.3) is 0 Å². The van der Waals surface area contributed by atoms with Gasteiger partial charge in [0.2, 0.25) is 0 Å². The molecule has 1 aliphatic heterocycles. The molecular weight excluding hydrogens is 271 g/mol. The summed E-state index contributed by atoms with van der Waals surface area (Å²) in [5.74, 6) is -0.180. The molecule has 1 fully saturated rings. The quantitative estimate of drug-likeness (QED) is 0.438. The smallest absolute Gasteiger partial charge is 0.465 e. The fourth-order valence-corrected chi connectivity index (χ4v) is 2.00. The predicted molar refractivity (Wildman–Crippen MR) is 80.1 cm³/mol. The first-order valence-corrected chi connectivity index (χ1v) is 6.67. The Morgan fingerprint density at radius 1 is 1.24 bits per heavy atom. The topological polar surface area (TPSA) is 91.6 Å². The number of carboxylic acid groups (broad SMARTS) is 1. The van der Waals surface area contributed by atoms with Gasteiger partial charge >= 0.3 is 13.2 Å². The van der Waals surface area contributed by atoms with Gasteiger partial charge in [0, 0.05) is 5.56 Å². The lowest BCUT2D eigenvalue weighted by atomic mass is 9.78. The van der Waals surface area contributed by atoms with E-state index in [0.717, 1.165) is 5.46 Å². The summed E-state index contributed by atoms with van der Waals surface area (Å²) in [6, 6.07) is 6.93. The molecule has 1 aromatic carbocycles. The van der Waals surface area contributed by atoms with E-state index < -0.39 is 24.4 Å². The third-order valence-corrected chi connectivity index (χ3v) is 3.93. The van der Waals surface area contributed by atoms with E-state index in [-0.39, 0.29) is 5.84 Å². The van der Waals surface area contributed by atoms with Crippen molar-refractivity contribution in [2.75, 3.05) is 0 Å². The summed E-state index contributed by atoms with van der Waals surface area (Å²) in [5, 5.41) is 18.4. The molecule has 0 aliphatic carbocycles. The normalized spacial score (nSPS) is 19.3. The molecule has 21 heavy (non-hydrogen) atoms. The largest absolute Gasteiger partial charge is 0.494 e. The minimum absolute atomic E-state index is 0.180. The third-order valence-electron chi connectivity index (χ3n) is 3.93. The summed E-state index contributed by atoms with van der Waals surface area (Å²) in [6.45, 7) is 7.85. The van der Waals surface area contributed by atoms with Gasteiger partial charge < -0.3 is 14.4 Å². The van der Waals surface area contributed by atoms with Gasteiger partial charge in [-0.25, -0.2) is 4.79 Å². The van der Waals surface area contributed by atoms with Crippen LogP contribution in [-0.2, 0) is 9.31 Å². The van der Waals surface area contributed by atoms with Gasteiger partial charge in [-0.1, -0.05) is 24.3 Å². The van der Waals surface area contributed by atoms with E-state index in [1.165, 1.54) is 0 Å². The highest BCUT2D eigenvalue weighted by Crippen LogP contribution is 2.36. The van der Waals surface area contributed by atoms with E-state index in [2.05, 4.69) is 0 Å². The Balaban J connectivity index is 2.23. The molecule has 3 N–H and O–H groups in total. The molecule has 0 bridgehead atoms. The number of benzene rings is 1. The minimum atomic E-state index is -1.26. The van der Waals surface area contributed by atoms with Crippen LogP contribution in [0, 0.1) is 5.41 Å². The first kappa shape index (κ1) is 15.5. The standard InChI is InChI=1S/C14H19BN2O4/c1-13(2)14(3,4)21-15(20-13)10-7-5-6-9(8-10)11(16)17-12(18)19/h5-8H,1-4H3,(H2,16,17)(H,18,19). The minimum Gasteiger partial charge on any atom is -0.465 e. The summed E-state index contributed by atoms with van der Waals surface area (Å²) in [7, 11) is -0.535. The van der Waals surface area contributed by atoms with Gasteiger partial charge in [-0.3, -0.25) is 10.7 Å². The first-order valence-electron chi connectivity index (χ1n) is 6.67. The molecule has 1 aromatic rings. The van der Waals surface area contributed by atoms with E-state index in [1.54, 1.807) is 18.2 Å². The average molecular weight is 290 g/mol. The molecule has 2 rings (SSSR count). The lowest BCUT2D eigenvalue weighted by Gasteiger charge is -2.32. The summed E-state index contributed by atoms with van der Waals surface area (Å²) in [5.41, 5.74) is 0.328. The zero-order chi connectivity index (χ0) is 15.8. The zero-order valence-corrected chi connectivity index (χ0v) is 12.6. The Kier molecular flexibility index (Phi) is 3.82. The molecule has 0 saturated carbocycles. The molecular formula is C14H19BN2O4. The molecule has 0 radical (unpaired) electrons. The van der Waals surface area contributed by atoms with Gasteiger partial charge in [-0.2, -0.15) is 0 Å². The zero-order valence-electron chi connectivity index (χ0n) is 12.6. The highest BCUT2D eigenvalue weighted by molar-refractivity contribution is 6.62. The number of rotatable bonds is 2. The van der Waals surface area contributed by atoms with Gasteiger partial charge in [0.05, 0.1) is 11.2 Å². The Bertz CT molecular complexity index is 570. The number of hydrogen-bond acceptors (Lipinski definition) is 4. The second-order valence-electron chi connectivity index (χ2n) is 6.02. The number of carbonyl (C=O) groups is 1. The summed E-state index contributed by atoms with van der Waals surface area (Å²) in [6.07, 6.45) is -1.26.